The minimum Gasteiger partial charge on any atom is -0.378 e. The molecule has 6 heteroatoms. The molecule has 1 amide bonds. The number of nitrogens with one attached hydrogen (secondary N) is 1. The van der Waals surface area contributed by atoms with E-state index in [1.165, 1.54) is 37.5 Å². The molecule has 0 spiro atoms. The zero-order valence-corrected chi connectivity index (χ0v) is 13.0. The summed E-state index contributed by atoms with van der Waals surface area (Å²) in [7, 11) is 0. The van der Waals surface area contributed by atoms with Crippen LogP contribution in [0.25, 0.3) is 0 Å². The van der Waals surface area contributed by atoms with E-state index >= 15 is 0 Å². The van der Waals surface area contributed by atoms with E-state index in [-0.39, 0.29) is 5.56 Å². The number of carbonyl (C=O) groups is 1. The number of rotatable bonds is 6. The van der Waals surface area contributed by atoms with Crippen LogP contribution in [-0.2, 0) is 10.9 Å². The molecule has 0 heterocycles. The van der Waals surface area contributed by atoms with Crippen LogP contribution in [0.15, 0.2) is 24.3 Å². The summed E-state index contributed by atoms with van der Waals surface area (Å²) in [5.41, 5.74) is -1.25. The maximum Gasteiger partial charge on any atom is 0.417 e. The van der Waals surface area contributed by atoms with Gasteiger partial charge in [0.2, 0.25) is 0 Å². The SMILES string of the molecule is O=C(NCCCOC1CCCCC1)c1ccccc1C(F)(F)F. The van der Waals surface area contributed by atoms with E-state index in [0.29, 0.717) is 25.7 Å². The van der Waals surface area contributed by atoms with E-state index in [1.807, 2.05) is 0 Å². The predicted molar refractivity (Wildman–Crippen MR) is 81.2 cm³/mol. The number of amides is 1. The summed E-state index contributed by atoms with van der Waals surface area (Å²) in [6.45, 7) is 0.823. The van der Waals surface area contributed by atoms with Gasteiger partial charge in [0.15, 0.2) is 0 Å². The van der Waals surface area contributed by atoms with E-state index < -0.39 is 17.6 Å². The second-order valence-corrected chi connectivity index (χ2v) is 5.78. The summed E-state index contributed by atoms with van der Waals surface area (Å²) in [4.78, 5) is 11.9. The van der Waals surface area contributed by atoms with Gasteiger partial charge < -0.3 is 10.1 Å². The normalized spacial score (nSPS) is 16.3. The average molecular weight is 329 g/mol. The Kier molecular flexibility index (Phi) is 6.45. The van der Waals surface area contributed by atoms with Gasteiger partial charge in [0.05, 0.1) is 17.2 Å². The molecule has 0 unspecified atom stereocenters. The smallest absolute Gasteiger partial charge is 0.378 e. The Hall–Kier alpha value is -1.56. The summed E-state index contributed by atoms with van der Waals surface area (Å²) in [5.74, 6) is -0.699. The zero-order valence-electron chi connectivity index (χ0n) is 13.0. The first kappa shape index (κ1) is 17.8. The van der Waals surface area contributed by atoms with Crippen LogP contribution in [0.2, 0.25) is 0 Å². The third kappa shape index (κ3) is 5.53. The highest BCUT2D eigenvalue weighted by molar-refractivity contribution is 5.95. The van der Waals surface area contributed by atoms with Crippen LogP contribution in [0.3, 0.4) is 0 Å². The highest BCUT2D eigenvalue weighted by Crippen LogP contribution is 2.31. The van der Waals surface area contributed by atoms with E-state index in [1.54, 1.807) is 0 Å². The van der Waals surface area contributed by atoms with Crippen LogP contribution >= 0.6 is 0 Å². The molecule has 2 rings (SSSR count). The number of ether oxygens (including phenoxy) is 1. The number of halogens is 3. The molecule has 1 aromatic carbocycles. The predicted octanol–water partition coefficient (Wildman–Crippen LogP) is 4.17. The number of hydrogen-bond donors (Lipinski definition) is 1. The van der Waals surface area contributed by atoms with Crippen molar-refractivity contribution in [1.82, 2.24) is 5.32 Å². The first-order valence-electron chi connectivity index (χ1n) is 8.04. The zero-order chi connectivity index (χ0) is 16.7. The average Bonchev–Trinajstić information content (AvgIpc) is 2.54. The molecule has 23 heavy (non-hydrogen) atoms. The van der Waals surface area contributed by atoms with Crippen LogP contribution in [0, 0.1) is 0 Å². The Morgan fingerprint density at radius 2 is 1.87 bits per heavy atom. The highest BCUT2D eigenvalue weighted by atomic mass is 19.4. The van der Waals surface area contributed by atoms with Crippen molar-refractivity contribution in [3.8, 4) is 0 Å². The van der Waals surface area contributed by atoms with E-state index in [2.05, 4.69) is 5.32 Å². The molecule has 0 aliphatic heterocycles. The summed E-state index contributed by atoms with van der Waals surface area (Å²) in [6.07, 6.45) is 2.15. The van der Waals surface area contributed by atoms with Gasteiger partial charge in [0.25, 0.3) is 5.91 Å². The van der Waals surface area contributed by atoms with Gasteiger partial charge in [-0.2, -0.15) is 13.2 Å². The quantitative estimate of drug-likeness (QED) is 0.795. The van der Waals surface area contributed by atoms with Crippen molar-refractivity contribution in [2.45, 2.75) is 50.8 Å². The molecule has 0 aromatic heterocycles. The number of benzene rings is 1. The Bertz CT molecular complexity index is 511. The first-order valence-corrected chi connectivity index (χ1v) is 8.04. The minimum atomic E-state index is -4.53. The molecule has 3 nitrogen and oxygen atoms in total. The van der Waals surface area contributed by atoms with Gasteiger partial charge in [-0.3, -0.25) is 4.79 Å². The van der Waals surface area contributed by atoms with Gasteiger partial charge in [-0.25, -0.2) is 0 Å². The number of alkyl halides is 3. The monoisotopic (exact) mass is 329 g/mol. The largest absolute Gasteiger partial charge is 0.417 e. The molecule has 0 radical (unpaired) electrons. The standard InChI is InChI=1S/C17H22F3NO2/c18-17(19,20)15-10-5-4-9-14(15)16(22)21-11-6-12-23-13-7-2-1-3-8-13/h4-5,9-10,13H,1-3,6-8,11-12H2,(H,21,22). The number of hydrogen-bond acceptors (Lipinski definition) is 2. The molecule has 128 valence electrons. The van der Waals surface area contributed by atoms with Crippen molar-refractivity contribution in [1.29, 1.82) is 0 Å². The molecule has 0 saturated heterocycles. The lowest BCUT2D eigenvalue weighted by Crippen LogP contribution is -2.28. The summed E-state index contributed by atoms with van der Waals surface area (Å²) >= 11 is 0. The molecule has 1 N–H and O–H groups in total. The molecule has 0 bridgehead atoms. The van der Waals surface area contributed by atoms with Gasteiger partial charge in [0.1, 0.15) is 0 Å². The van der Waals surface area contributed by atoms with Crippen molar-refractivity contribution < 1.29 is 22.7 Å². The van der Waals surface area contributed by atoms with Gasteiger partial charge in [-0.05, 0) is 31.4 Å². The maximum atomic E-state index is 12.9. The number of carbonyl (C=O) groups excluding carboxylic acids is 1. The Morgan fingerprint density at radius 1 is 1.17 bits per heavy atom. The molecule has 1 aliphatic carbocycles. The van der Waals surface area contributed by atoms with Crippen LogP contribution < -0.4 is 5.32 Å². The van der Waals surface area contributed by atoms with Gasteiger partial charge in [0, 0.05) is 13.2 Å². The maximum absolute atomic E-state index is 12.9. The van der Waals surface area contributed by atoms with Gasteiger partial charge in [-0.15, -0.1) is 0 Å². The highest BCUT2D eigenvalue weighted by Gasteiger charge is 2.34. The lowest BCUT2D eigenvalue weighted by atomic mass is 9.98. The summed E-state index contributed by atoms with van der Waals surface area (Å²) in [6, 6.07) is 4.81. The second kappa shape index (κ2) is 8.34. The van der Waals surface area contributed by atoms with Crippen LogP contribution in [-0.4, -0.2) is 25.2 Å². The third-order valence-electron chi connectivity index (χ3n) is 3.99. The Balaban J connectivity index is 1.75. The summed E-state index contributed by atoms with van der Waals surface area (Å²) < 4.78 is 44.3. The van der Waals surface area contributed by atoms with Crippen LogP contribution in [0.4, 0.5) is 13.2 Å². The van der Waals surface area contributed by atoms with Crippen molar-refractivity contribution in [2.24, 2.45) is 0 Å². The van der Waals surface area contributed by atoms with E-state index in [9.17, 15) is 18.0 Å². The molecule has 0 atom stereocenters. The van der Waals surface area contributed by atoms with Gasteiger partial charge >= 0.3 is 6.18 Å². The fourth-order valence-electron chi connectivity index (χ4n) is 2.78. The van der Waals surface area contributed by atoms with Crippen LogP contribution in [0.5, 0.6) is 0 Å². The topological polar surface area (TPSA) is 38.3 Å². The Morgan fingerprint density at radius 3 is 2.57 bits per heavy atom. The van der Waals surface area contributed by atoms with Crippen molar-refractivity contribution in [2.75, 3.05) is 13.2 Å². The van der Waals surface area contributed by atoms with E-state index in [4.69, 9.17) is 4.74 Å². The minimum absolute atomic E-state index is 0.297. The fraction of sp³-hybridized carbons (Fsp3) is 0.588. The molecular weight excluding hydrogens is 307 g/mol. The van der Waals surface area contributed by atoms with E-state index in [0.717, 1.165) is 18.9 Å². The first-order chi connectivity index (χ1) is 11.0. The van der Waals surface area contributed by atoms with Crippen LogP contribution in [0.1, 0.15) is 54.4 Å². The lowest BCUT2D eigenvalue weighted by molar-refractivity contribution is -0.137. The Labute approximate surface area is 134 Å². The third-order valence-corrected chi connectivity index (χ3v) is 3.99. The molecular formula is C17H22F3NO2. The van der Waals surface area contributed by atoms with Crippen molar-refractivity contribution in [3.63, 3.8) is 0 Å². The van der Waals surface area contributed by atoms with Crippen molar-refractivity contribution >= 4 is 5.91 Å². The molecule has 1 aliphatic rings. The van der Waals surface area contributed by atoms with Crippen molar-refractivity contribution in [3.05, 3.63) is 35.4 Å². The van der Waals surface area contributed by atoms with Gasteiger partial charge in [-0.1, -0.05) is 31.4 Å². The molecule has 1 aromatic rings. The molecule has 1 fully saturated rings. The summed E-state index contributed by atoms with van der Waals surface area (Å²) in [5, 5.41) is 2.53. The fourth-order valence-corrected chi connectivity index (χ4v) is 2.78. The second-order valence-electron chi connectivity index (χ2n) is 5.78. The molecule has 1 saturated carbocycles. The lowest BCUT2D eigenvalue weighted by Gasteiger charge is -2.22.